The van der Waals surface area contributed by atoms with Crippen molar-refractivity contribution in [3.05, 3.63) is 53.6 Å². The maximum Gasteiger partial charge on any atom is 0.338 e. The van der Waals surface area contributed by atoms with Crippen molar-refractivity contribution in [2.75, 3.05) is 13.7 Å². The van der Waals surface area contributed by atoms with Gasteiger partial charge in [0.1, 0.15) is 5.75 Å². The molecule has 0 amide bonds. The van der Waals surface area contributed by atoms with E-state index < -0.39 is 5.97 Å². The quantitative estimate of drug-likeness (QED) is 0.347. The fourth-order valence-electron chi connectivity index (χ4n) is 3.19. The summed E-state index contributed by atoms with van der Waals surface area (Å²) in [4.78, 5) is 12.3. The van der Waals surface area contributed by atoms with Crippen molar-refractivity contribution >= 4 is 5.97 Å². The SMILES string of the molecule is CCCCCCCCCOc1ccc(-c2ccccc2C#N)c(C(=O)OC)c1. The molecular weight excluding hydrogens is 350 g/mol. The van der Waals surface area contributed by atoms with Crippen LogP contribution >= 0.6 is 0 Å². The average Bonchev–Trinajstić information content (AvgIpc) is 2.75. The molecule has 0 aliphatic carbocycles. The van der Waals surface area contributed by atoms with Gasteiger partial charge in [0.15, 0.2) is 0 Å². The molecule has 0 atom stereocenters. The molecule has 0 aromatic heterocycles. The Morgan fingerprint density at radius 3 is 2.39 bits per heavy atom. The van der Waals surface area contributed by atoms with E-state index in [9.17, 15) is 10.1 Å². The fourth-order valence-corrected chi connectivity index (χ4v) is 3.19. The van der Waals surface area contributed by atoms with Crippen LogP contribution in [0.25, 0.3) is 11.1 Å². The molecule has 0 radical (unpaired) electrons. The summed E-state index contributed by atoms with van der Waals surface area (Å²) in [5.74, 6) is 0.202. The molecule has 0 fully saturated rings. The van der Waals surface area contributed by atoms with E-state index in [0.717, 1.165) is 12.8 Å². The van der Waals surface area contributed by atoms with Crippen LogP contribution in [0.4, 0.5) is 0 Å². The third-order valence-electron chi connectivity index (χ3n) is 4.75. The van der Waals surface area contributed by atoms with Gasteiger partial charge in [0.25, 0.3) is 0 Å². The summed E-state index contributed by atoms with van der Waals surface area (Å²) in [6.07, 6.45) is 8.56. The molecule has 0 heterocycles. The van der Waals surface area contributed by atoms with E-state index in [1.54, 1.807) is 18.2 Å². The Morgan fingerprint density at radius 1 is 0.964 bits per heavy atom. The molecule has 0 spiro atoms. The molecule has 0 N–H and O–H groups in total. The Hall–Kier alpha value is -2.80. The number of ether oxygens (including phenoxy) is 2. The molecule has 2 aromatic rings. The Bertz CT molecular complexity index is 808. The maximum atomic E-state index is 12.3. The number of nitrogens with zero attached hydrogens (tertiary/aromatic N) is 1. The van der Waals surface area contributed by atoms with Crippen molar-refractivity contribution in [3.8, 4) is 22.9 Å². The third kappa shape index (κ3) is 6.13. The lowest BCUT2D eigenvalue weighted by Crippen LogP contribution is -2.06. The number of carbonyl (C=O) groups is 1. The van der Waals surface area contributed by atoms with Crippen molar-refractivity contribution in [2.24, 2.45) is 0 Å². The zero-order valence-electron chi connectivity index (χ0n) is 16.9. The largest absolute Gasteiger partial charge is 0.494 e. The summed E-state index contributed by atoms with van der Waals surface area (Å²) >= 11 is 0. The van der Waals surface area contributed by atoms with Gasteiger partial charge in [-0.1, -0.05) is 63.6 Å². The number of hydrogen-bond acceptors (Lipinski definition) is 4. The molecule has 0 saturated carbocycles. The highest BCUT2D eigenvalue weighted by Crippen LogP contribution is 2.30. The minimum absolute atomic E-state index is 0.405. The second-order valence-corrected chi connectivity index (χ2v) is 6.83. The van der Waals surface area contributed by atoms with Gasteiger partial charge in [-0.2, -0.15) is 5.26 Å². The zero-order chi connectivity index (χ0) is 20.2. The lowest BCUT2D eigenvalue weighted by molar-refractivity contribution is 0.0601. The molecule has 0 aliphatic rings. The molecule has 28 heavy (non-hydrogen) atoms. The van der Waals surface area contributed by atoms with Gasteiger partial charge in [-0.05, 0) is 36.2 Å². The number of hydrogen-bond donors (Lipinski definition) is 0. The highest BCUT2D eigenvalue weighted by Gasteiger charge is 2.17. The molecule has 4 nitrogen and oxygen atoms in total. The Balaban J connectivity index is 2.04. The molecule has 2 rings (SSSR count). The molecule has 0 bridgehead atoms. The predicted octanol–water partition coefficient (Wildman–Crippen LogP) is 6.14. The van der Waals surface area contributed by atoms with E-state index in [0.29, 0.717) is 34.6 Å². The van der Waals surface area contributed by atoms with Gasteiger partial charge in [-0.15, -0.1) is 0 Å². The smallest absolute Gasteiger partial charge is 0.338 e. The van der Waals surface area contributed by atoms with Gasteiger partial charge in [0, 0.05) is 5.56 Å². The maximum absolute atomic E-state index is 12.3. The van der Waals surface area contributed by atoms with Crippen molar-refractivity contribution in [1.29, 1.82) is 5.26 Å². The number of benzene rings is 2. The standard InChI is InChI=1S/C24H29NO3/c1-3-4-5-6-7-8-11-16-28-20-14-15-22(23(17-20)24(26)27-2)21-13-10-9-12-19(21)18-25/h9-10,12-15,17H,3-8,11,16H2,1-2H3. The molecule has 2 aromatic carbocycles. The summed E-state index contributed by atoms with van der Waals surface area (Å²) in [5, 5.41) is 9.36. The van der Waals surface area contributed by atoms with E-state index >= 15 is 0 Å². The topological polar surface area (TPSA) is 59.3 Å². The summed E-state index contributed by atoms with van der Waals surface area (Å²) in [5.41, 5.74) is 2.31. The van der Waals surface area contributed by atoms with Crippen LogP contribution in [-0.4, -0.2) is 19.7 Å². The first kappa shape index (κ1) is 21.5. The molecule has 0 unspecified atom stereocenters. The number of nitriles is 1. The number of carbonyl (C=O) groups excluding carboxylic acids is 1. The van der Waals surface area contributed by atoms with Crippen LogP contribution in [0, 0.1) is 11.3 Å². The molecule has 4 heteroatoms. The monoisotopic (exact) mass is 379 g/mol. The fraction of sp³-hybridized carbons (Fsp3) is 0.417. The Kier molecular flexibility index (Phi) is 9.07. The highest BCUT2D eigenvalue weighted by molar-refractivity contribution is 5.98. The second kappa shape index (κ2) is 11.8. The van der Waals surface area contributed by atoms with E-state index in [2.05, 4.69) is 13.0 Å². The average molecular weight is 380 g/mol. The van der Waals surface area contributed by atoms with E-state index in [-0.39, 0.29) is 0 Å². The second-order valence-electron chi connectivity index (χ2n) is 6.83. The number of methoxy groups -OCH3 is 1. The van der Waals surface area contributed by atoms with Crippen LogP contribution in [0.1, 0.15) is 67.8 Å². The van der Waals surface area contributed by atoms with Gasteiger partial charge in [0.05, 0.1) is 30.9 Å². The van der Waals surface area contributed by atoms with Gasteiger partial charge in [-0.3, -0.25) is 0 Å². The number of esters is 1. The van der Waals surface area contributed by atoms with Gasteiger partial charge in [0.2, 0.25) is 0 Å². The Labute approximate surface area is 168 Å². The van der Waals surface area contributed by atoms with Crippen molar-refractivity contribution in [2.45, 2.75) is 51.9 Å². The van der Waals surface area contributed by atoms with Crippen molar-refractivity contribution in [1.82, 2.24) is 0 Å². The molecule has 148 valence electrons. The van der Waals surface area contributed by atoms with Gasteiger partial charge < -0.3 is 9.47 Å². The van der Waals surface area contributed by atoms with Crippen LogP contribution in [0.5, 0.6) is 5.75 Å². The minimum Gasteiger partial charge on any atom is -0.494 e. The molecule has 0 aliphatic heterocycles. The van der Waals surface area contributed by atoms with Crippen LogP contribution in [0.3, 0.4) is 0 Å². The highest BCUT2D eigenvalue weighted by atomic mass is 16.5. The number of unbranched alkanes of at least 4 members (excludes halogenated alkanes) is 6. The van der Waals surface area contributed by atoms with E-state index in [1.165, 1.54) is 39.2 Å². The molecule has 0 saturated heterocycles. The van der Waals surface area contributed by atoms with Crippen molar-refractivity contribution in [3.63, 3.8) is 0 Å². The third-order valence-corrected chi connectivity index (χ3v) is 4.75. The number of rotatable bonds is 11. The van der Waals surface area contributed by atoms with E-state index in [1.807, 2.05) is 24.3 Å². The normalized spacial score (nSPS) is 10.3. The first-order valence-electron chi connectivity index (χ1n) is 10.1. The van der Waals surface area contributed by atoms with Crippen LogP contribution in [0.15, 0.2) is 42.5 Å². The summed E-state index contributed by atoms with van der Waals surface area (Å²) in [6.45, 7) is 2.85. The first-order chi connectivity index (χ1) is 13.7. The molecular formula is C24H29NO3. The van der Waals surface area contributed by atoms with Gasteiger partial charge in [-0.25, -0.2) is 4.79 Å². The van der Waals surface area contributed by atoms with Crippen LogP contribution in [-0.2, 0) is 4.74 Å². The van der Waals surface area contributed by atoms with Gasteiger partial charge >= 0.3 is 5.97 Å². The van der Waals surface area contributed by atoms with Crippen LogP contribution in [0.2, 0.25) is 0 Å². The van der Waals surface area contributed by atoms with Crippen LogP contribution < -0.4 is 4.74 Å². The lowest BCUT2D eigenvalue weighted by atomic mass is 9.95. The minimum atomic E-state index is -0.441. The lowest BCUT2D eigenvalue weighted by Gasteiger charge is -2.13. The first-order valence-corrected chi connectivity index (χ1v) is 10.1. The summed E-state index contributed by atoms with van der Waals surface area (Å²) in [7, 11) is 1.36. The predicted molar refractivity (Wildman–Crippen MR) is 111 cm³/mol. The zero-order valence-corrected chi connectivity index (χ0v) is 16.9. The van der Waals surface area contributed by atoms with Crippen molar-refractivity contribution < 1.29 is 14.3 Å². The van der Waals surface area contributed by atoms with E-state index in [4.69, 9.17) is 9.47 Å². The summed E-state index contributed by atoms with van der Waals surface area (Å²) in [6, 6.07) is 14.8. The Morgan fingerprint density at radius 2 is 1.68 bits per heavy atom. The summed E-state index contributed by atoms with van der Waals surface area (Å²) < 4.78 is 10.8.